The first-order chi connectivity index (χ1) is 30.1. The topological polar surface area (TPSA) is 171 Å². The van der Waals surface area contributed by atoms with Crippen molar-refractivity contribution < 1.29 is 38.6 Å². The van der Waals surface area contributed by atoms with E-state index in [2.05, 4.69) is 35.9 Å². The SMILES string of the molecule is C.CCCCCC(=O)Cc1cnc2ccc(OC)cc2c1-c1ccccc1.CCCCN.COC(=O)Cc1cnc2ccc(OC)cc2c1-c1ccccc1.O=C1CCC(=O)N1O. The van der Waals surface area contributed by atoms with E-state index in [1.54, 1.807) is 20.4 Å². The molecule has 4 aromatic carbocycles. The van der Waals surface area contributed by atoms with Gasteiger partial charge >= 0.3 is 5.97 Å². The van der Waals surface area contributed by atoms with E-state index in [-0.39, 0.29) is 43.5 Å². The molecule has 2 aromatic heterocycles. The maximum absolute atomic E-state index is 12.5. The smallest absolute Gasteiger partial charge is 0.310 e. The Morgan fingerprint density at radius 2 is 1.13 bits per heavy atom. The highest BCUT2D eigenvalue weighted by Gasteiger charge is 2.27. The lowest BCUT2D eigenvalue weighted by Crippen LogP contribution is -2.24. The standard InChI is InChI=1S/C23H25NO2.C19H17NO3.C4H5NO3.C4H11N.CH4/c1-3-4-6-11-19(25)14-18-16-24-22-13-12-20(26-2)15-21(22)23(18)17-9-7-5-8-10-17;1-22-15-8-9-17-16(11-15)19(13-6-4-3-5-7-13)14(12-20-17)10-18(21)23-2;6-3-1-2-4(7)5(3)8;1-2-3-4-5;/h5,7-10,12-13,15-16H,3-4,6,11,14H2,1-2H3;3-9,11-12H,10H2,1-2H3;8H,1-2H2;2-5H2,1H3;1H4. The molecular weight excluding hydrogens is 797 g/mol. The summed E-state index contributed by atoms with van der Waals surface area (Å²) in [7, 11) is 4.69. The Bertz CT molecular complexity index is 2370. The van der Waals surface area contributed by atoms with Gasteiger partial charge in [0.1, 0.15) is 17.3 Å². The number of hydrogen-bond donors (Lipinski definition) is 2. The van der Waals surface area contributed by atoms with Gasteiger partial charge in [-0.1, -0.05) is 101 Å². The van der Waals surface area contributed by atoms with Gasteiger partial charge in [-0.2, -0.15) is 5.06 Å². The molecule has 12 nitrogen and oxygen atoms in total. The van der Waals surface area contributed by atoms with Crippen molar-refractivity contribution in [1.29, 1.82) is 0 Å². The summed E-state index contributed by atoms with van der Waals surface area (Å²) < 4.78 is 15.6. The zero-order chi connectivity index (χ0) is 44.9. The maximum atomic E-state index is 12.5. The molecule has 0 unspecified atom stereocenters. The minimum atomic E-state index is -0.505. The van der Waals surface area contributed by atoms with E-state index < -0.39 is 11.8 Å². The summed E-state index contributed by atoms with van der Waals surface area (Å²) in [5.41, 5.74) is 12.9. The van der Waals surface area contributed by atoms with Crippen molar-refractivity contribution in [3.8, 4) is 33.8 Å². The van der Waals surface area contributed by atoms with Crippen molar-refractivity contribution in [3.63, 3.8) is 0 Å². The fourth-order valence-electron chi connectivity index (χ4n) is 6.71. The summed E-state index contributed by atoms with van der Waals surface area (Å²) >= 11 is 0. The summed E-state index contributed by atoms with van der Waals surface area (Å²) in [6.45, 7) is 5.13. The number of methoxy groups -OCH3 is 3. The van der Waals surface area contributed by atoms with Crippen LogP contribution in [0.25, 0.3) is 44.1 Å². The van der Waals surface area contributed by atoms with Gasteiger partial charge in [0, 0.05) is 48.8 Å². The van der Waals surface area contributed by atoms with Gasteiger partial charge in [-0.25, -0.2) is 0 Å². The van der Waals surface area contributed by atoms with Crippen LogP contribution in [0.15, 0.2) is 109 Å². The lowest BCUT2D eigenvalue weighted by Gasteiger charge is -2.14. The molecule has 0 aliphatic carbocycles. The third-order valence-corrected chi connectivity index (χ3v) is 10.0. The number of unbranched alkanes of at least 4 members (excludes halogenated alkanes) is 3. The molecule has 1 aliphatic heterocycles. The van der Waals surface area contributed by atoms with Crippen LogP contribution in [0.5, 0.6) is 11.5 Å². The normalized spacial score (nSPS) is 11.6. The number of hydroxylamine groups is 2. The van der Waals surface area contributed by atoms with Crippen LogP contribution in [0.4, 0.5) is 0 Å². The molecule has 0 radical (unpaired) electrons. The molecule has 3 N–H and O–H groups in total. The van der Waals surface area contributed by atoms with Crippen molar-refractivity contribution in [2.45, 2.75) is 85.5 Å². The van der Waals surface area contributed by atoms with Crippen molar-refractivity contribution in [2.75, 3.05) is 27.9 Å². The van der Waals surface area contributed by atoms with Crippen LogP contribution in [0, 0.1) is 0 Å². The number of imide groups is 1. The highest BCUT2D eigenvalue weighted by atomic mass is 16.5. The molecule has 12 heteroatoms. The monoisotopic (exact) mass is 858 g/mol. The van der Waals surface area contributed by atoms with Gasteiger partial charge in [-0.3, -0.25) is 34.4 Å². The summed E-state index contributed by atoms with van der Waals surface area (Å²) in [6, 6.07) is 31.8. The molecule has 0 spiro atoms. The first-order valence-corrected chi connectivity index (χ1v) is 20.9. The Morgan fingerprint density at radius 3 is 1.49 bits per heavy atom. The van der Waals surface area contributed by atoms with Gasteiger partial charge in [0.2, 0.25) is 0 Å². The Morgan fingerprint density at radius 1 is 0.667 bits per heavy atom. The van der Waals surface area contributed by atoms with Gasteiger partial charge in [-0.15, -0.1) is 0 Å². The highest BCUT2D eigenvalue weighted by Crippen LogP contribution is 2.35. The second-order valence-electron chi connectivity index (χ2n) is 14.5. The maximum Gasteiger partial charge on any atom is 0.310 e. The summed E-state index contributed by atoms with van der Waals surface area (Å²) in [6.07, 6.45) is 10.7. The van der Waals surface area contributed by atoms with E-state index in [0.717, 1.165) is 92.5 Å². The fourth-order valence-corrected chi connectivity index (χ4v) is 6.71. The van der Waals surface area contributed by atoms with Gasteiger partial charge in [0.15, 0.2) is 0 Å². The summed E-state index contributed by atoms with van der Waals surface area (Å²) in [5.74, 6) is 0.533. The van der Waals surface area contributed by atoms with Crippen molar-refractivity contribution in [2.24, 2.45) is 5.73 Å². The molecule has 7 rings (SSSR count). The second kappa shape index (κ2) is 26.8. The first-order valence-electron chi connectivity index (χ1n) is 20.9. The van der Waals surface area contributed by atoms with E-state index in [9.17, 15) is 19.2 Å². The van der Waals surface area contributed by atoms with Crippen LogP contribution < -0.4 is 15.2 Å². The average molecular weight is 859 g/mol. The largest absolute Gasteiger partial charge is 0.497 e. The Kier molecular flexibility index (Phi) is 21.6. The molecule has 1 fully saturated rings. The van der Waals surface area contributed by atoms with E-state index >= 15 is 0 Å². The number of hydrogen-bond acceptors (Lipinski definition) is 11. The number of Topliss-reactive ketones (excluding diaryl/α,β-unsaturated/α-hetero) is 1. The van der Waals surface area contributed by atoms with Crippen molar-refractivity contribution in [3.05, 3.63) is 121 Å². The number of ketones is 1. The fraction of sp³-hybridized carbons (Fsp3) is 0.333. The number of esters is 1. The molecule has 3 heterocycles. The lowest BCUT2D eigenvalue weighted by atomic mass is 9.93. The molecule has 1 aliphatic rings. The van der Waals surface area contributed by atoms with Crippen LogP contribution in [0.2, 0.25) is 0 Å². The second-order valence-corrected chi connectivity index (χ2v) is 14.5. The number of pyridine rings is 2. The predicted octanol–water partition coefficient (Wildman–Crippen LogP) is 10.1. The average Bonchev–Trinajstić information content (AvgIpc) is 3.60. The number of carbonyl (C=O) groups excluding carboxylic acids is 4. The van der Waals surface area contributed by atoms with E-state index in [4.69, 9.17) is 25.2 Å². The number of amides is 2. The van der Waals surface area contributed by atoms with Gasteiger partial charge in [0.25, 0.3) is 11.8 Å². The summed E-state index contributed by atoms with van der Waals surface area (Å²) in [4.78, 5) is 53.8. The predicted molar refractivity (Wildman–Crippen MR) is 250 cm³/mol. The van der Waals surface area contributed by atoms with Gasteiger partial charge in [-0.05, 0) is 89.2 Å². The quantitative estimate of drug-likeness (QED) is 0.0462. The van der Waals surface area contributed by atoms with Crippen LogP contribution in [-0.2, 0) is 36.8 Å². The molecule has 0 atom stereocenters. The van der Waals surface area contributed by atoms with Crippen LogP contribution in [0.1, 0.15) is 83.8 Å². The zero-order valence-electron chi connectivity index (χ0n) is 36.4. The number of nitrogens with two attached hydrogens (primary N) is 1. The van der Waals surface area contributed by atoms with E-state index in [0.29, 0.717) is 12.8 Å². The molecule has 334 valence electrons. The molecule has 6 aromatic rings. The Hall–Kier alpha value is -6.50. The third-order valence-electron chi connectivity index (χ3n) is 10.0. The lowest BCUT2D eigenvalue weighted by molar-refractivity contribution is -0.171. The number of benzene rings is 4. The number of aromatic nitrogens is 2. The third kappa shape index (κ3) is 14.8. The van der Waals surface area contributed by atoms with Crippen LogP contribution in [-0.4, -0.2) is 71.7 Å². The van der Waals surface area contributed by atoms with Crippen LogP contribution in [0.3, 0.4) is 0 Å². The van der Waals surface area contributed by atoms with Crippen LogP contribution >= 0.6 is 0 Å². The molecule has 1 saturated heterocycles. The number of rotatable bonds is 14. The molecule has 0 bridgehead atoms. The van der Waals surface area contributed by atoms with E-state index in [1.807, 2.05) is 91.1 Å². The van der Waals surface area contributed by atoms with Gasteiger partial charge in [0.05, 0.1) is 38.8 Å². The molecule has 0 saturated carbocycles. The van der Waals surface area contributed by atoms with Crippen molar-refractivity contribution >= 4 is 45.4 Å². The van der Waals surface area contributed by atoms with Crippen molar-refractivity contribution in [1.82, 2.24) is 15.0 Å². The molecule has 2 amide bonds. The Labute approximate surface area is 371 Å². The minimum absolute atomic E-state index is 0. The first kappa shape index (κ1) is 50.9. The van der Waals surface area contributed by atoms with Gasteiger partial charge < -0.3 is 19.9 Å². The zero-order valence-corrected chi connectivity index (χ0v) is 36.4. The minimum Gasteiger partial charge on any atom is -0.497 e. The molecule has 63 heavy (non-hydrogen) atoms. The molecular formula is C51H62N4O8. The number of fused-ring (bicyclic) bond motifs is 2. The number of nitrogens with zero attached hydrogens (tertiary/aromatic N) is 3. The summed E-state index contributed by atoms with van der Waals surface area (Å²) in [5, 5.41) is 10.5. The number of ether oxygens (including phenoxy) is 3. The highest BCUT2D eigenvalue weighted by molar-refractivity contribution is 6.01. The van der Waals surface area contributed by atoms with E-state index in [1.165, 1.54) is 20.0 Å². The Balaban J connectivity index is 0.000000259. The number of carbonyl (C=O) groups is 4.